The van der Waals surface area contributed by atoms with E-state index in [0.717, 1.165) is 18.4 Å². The minimum Gasteiger partial charge on any atom is -0.490 e. The molecule has 0 saturated carbocycles. The van der Waals surface area contributed by atoms with Gasteiger partial charge in [0.15, 0.2) is 11.6 Å². The molecule has 2 N–H and O–H groups in total. The van der Waals surface area contributed by atoms with Crippen LogP contribution in [0.25, 0.3) is 0 Å². The van der Waals surface area contributed by atoms with E-state index in [1.165, 1.54) is 6.07 Å². The van der Waals surface area contributed by atoms with Crippen molar-refractivity contribution >= 4 is 0 Å². The minimum atomic E-state index is -0.310. The van der Waals surface area contributed by atoms with Crippen molar-refractivity contribution in [3.05, 3.63) is 29.6 Å². The lowest BCUT2D eigenvalue weighted by Gasteiger charge is -2.11. The molecule has 0 radical (unpaired) electrons. The Hall–Kier alpha value is -1.09. The van der Waals surface area contributed by atoms with Crippen molar-refractivity contribution < 1.29 is 9.13 Å². The number of hydrogen-bond donors (Lipinski definition) is 1. The maximum absolute atomic E-state index is 13.2. The molecule has 1 aromatic carbocycles. The fraction of sp³-hybridized carbons (Fsp3) is 0.400. The van der Waals surface area contributed by atoms with E-state index in [9.17, 15) is 4.39 Å². The van der Waals surface area contributed by atoms with Gasteiger partial charge in [-0.25, -0.2) is 4.39 Å². The molecule has 0 saturated heterocycles. The van der Waals surface area contributed by atoms with Crippen LogP contribution in [0.1, 0.15) is 24.4 Å². The number of benzene rings is 1. The summed E-state index contributed by atoms with van der Waals surface area (Å²) in [6.45, 7) is 0.557. The van der Waals surface area contributed by atoms with Crippen LogP contribution in [0.15, 0.2) is 18.2 Å². The summed E-state index contributed by atoms with van der Waals surface area (Å²) in [5, 5.41) is 0. The fourth-order valence-corrected chi connectivity index (χ4v) is 1.60. The van der Waals surface area contributed by atoms with Crippen molar-refractivity contribution in [3.8, 4) is 5.75 Å². The second-order valence-electron chi connectivity index (χ2n) is 3.26. The van der Waals surface area contributed by atoms with E-state index in [0.29, 0.717) is 12.4 Å². The molecule has 1 heterocycles. The second-order valence-corrected chi connectivity index (χ2v) is 3.26. The van der Waals surface area contributed by atoms with E-state index in [1.807, 2.05) is 6.07 Å². The molecule has 1 unspecified atom stereocenters. The third-order valence-corrected chi connectivity index (χ3v) is 2.30. The monoisotopic (exact) mass is 181 g/mol. The van der Waals surface area contributed by atoms with Crippen molar-refractivity contribution in [3.63, 3.8) is 0 Å². The first kappa shape index (κ1) is 8.51. The molecule has 2 nitrogen and oxygen atoms in total. The van der Waals surface area contributed by atoms with Gasteiger partial charge < -0.3 is 10.5 Å². The first-order valence-corrected chi connectivity index (χ1v) is 4.46. The van der Waals surface area contributed by atoms with Crippen LogP contribution >= 0.6 is 0 Å². The lowest BCUT2D eigenvalue weighted by Crippen LogP contribution is -2.09. The zero-order valence-electron chi connectivity index (χ0n) is 7.29. The molecule has 3 heteroatoms. The third-order valence-electron chi connectivity index (χ3n) is 2.30. The molecule has 0 amide bonds. The van der Waals surface area contributed by atoms with Crippen LogP contribution < -0.4 is 10.5 Å². The molecular formula is C10H12FNO. The average molecular weight is 181 g/mol. The van der Waals surface area contributed by atoms with Crippen molar-refractivity contribution in [2.75, 3.05) is 6.61 Å². The van der Waals surface area contributed by atoms with E-state index in [2.05, 4.69) is 0 Å². The van der Waals surface area contributed by atoms with Gasteiger partial charge in [-0.1, -0.05) is 12.1 Å². The number of para-hydroxylation sites is 1. The molecule has 0 spiro atoms. The summed E-state index contributed by atoms with van der Waals surface area (Å²) >= 11 is 0. The third kappa shape index (κ3) is 1.52. The minimum absolute atomic E-state index is 0.0896. The van der Waals surface area contributed by atoms with E-state index >= 15 is 0 Å². The summed E-state index contributed by atoms with van der Waals surface area (Å²) in [5.41, 5.74) is 6.66. The van der Waals surface area contributed by atoms with Crippen LogP contribution in [0, 0.1) is 5.82 Å². The summed E-state index contributed by atoms with van der Waals surface area (Å²) in [5.74, 6) is 0.0300. The van der Waals surface area contributed by atoms with E-state index in [-0.39, 0.29) is 11.9 Å². The van der Waals surface area contributed by atoms with E-state index in [4.69, 9.17) is 10.5 Å². The summed E-state index contributed by atoms with van der Waals surface area (Å²) in [6.07, 6.45) is 1.74. The van der Waals surface area contributed by atoms with Gasteiger partial charge in [0.2, 0.25) is 0 Å². The molecule has 0 aromatic heterocycles. The highest BCUT2D eigenvalue weighted by Crippen LogP contribution is 2.31. The molecule has 0 fully saturated rings. The predicted molar refractivity (Wildman–Crippen MR) is 48.1 cm³/mol. The second kappa shape index (κ2) is 3.34. The Morgan fingerprint density at radius 3 is 3.15 bits per heavy atom. The molecule has 1 aliphatic rings. The normalized spacial score (nSPS) is 21.5. The first-order valence-electron chi connectivity index (χ1n) is 4.46. The zero-order valence-corrected chi connectivity index (χ0v) is 7.29. The van der Waals surface area contributed by atoms with Crippen LogP contribution in [-0.2, 0) is 0 Å². The maximum atomic E-state index is 13.2. The Labute approximate surface area is 76.5 Å². The predicted octanol–water partition coefficient (Wildman–Crippen LogP) is 2.00. The number of ether oxygens (including phenoxy) is 1. The van der Waals surface area contributed by atoms with Gasteiger partial charge in [-0.05, 0) is 18.9 Å². The van der Waals surface area contributed by atoms with Crippen LogP contribution in [0.4, 0.5) is 4.39 Å². The van der Waals surface area contributed by atoms with E-state index < -0.39 is 0 Å². The fourth-order valence-electron chi connectivity index (χ4n) is 1.60. The maximum Gasteiger partial charge on any atom is 0.165 e. The van der Waals surface area contributed by atoms with Crippen LogP contribution in [0.2, 0.25) is 0 Å². The average Bonchev–Trinajstić information content (AvgIpc) is 2.30. The highest BCUT2D eigenvalue weighted by molar-refractivity contribution is 5.37. The van der Waals surface area contributed by atoms with Gasteiger partial charge in [-0.3, -0.25) is 0 Å². The van der Waals surface area contributed by atoms with Crippen LogP contribution in [0.3, 0.4) is 0 Å². The summed E-state index contributed by atoms with van der Waals surface area (Å²) < 4.78 is 18.5. The Morgan fingerprint density at radius 2 is 2.31 bits per heavy atom. The molecule has 13 heavy (non-hydrogen) atoms. The number of rotatable bonds is 0. The quantitative estimate of drug-likeness (QED) is 0.664. The number of halogens is 1. The molecule has 70 valence electrons. The van der Waals surface area contributed by atoms with Crippen molar-refractivity contribution in [2.24, 2.45) is 5.73 Å². The van der Waals surface area contributed by atoms with Gasteiger partial charge in [0.1, 0.15) is 0 Å². The highest BCUT2D eigenvalue weighted by Gasteiger charge is 2.18. The van der Waals surface area contributed by atoms with Crippen LogP contribution in [-0.4, -0.2) is 6.61 Å². The molecule has 0 aliphatic carbocycles. The lowest BCUT2D eigenvalue weighted by atomic mass is 10.0. The lowest BCUT2D eigenvalue weighted by molar-refractivity contribution is 0.301. The Morgan fingerprint density at radius 1 is 1.46 bits per heavy atom. The molecule has 0 bridgehead atoms. The Kier molecular flexibility index (Phi) is 2.19. The smallest absolute Gasteiger partial charge is 0.165 e. The van der Waals surface area contributed by atoms with Gasteiger partial charge >= 0.3 is 0 Å². The van der Waals surface area contributed by atoms with Crippen molar-refractivity contribution in [2.45, 2.75) is 18.9 Å². The van der Waals surface area contributed by atoms with Gasteiger partial charge in [-0.2, -0.15) is 0 Å². The summed E-state index contributed by atoms with van der Waals surface area (Å²) in [7, 11) is 0. The number of hydrogen-bond acceptors (Lipinski definition) is 2. The van der Waals surface area contributed by atoms with Gasteiger partial charge in [-0.15, -0.1) is 0 Å². The van der Waals surface area contributed by atoms with Crippen molar-refractivity contribution in [1.82, 2.24) is 0 Å². The SMILES string of the molecule is NC1CCCOc2c(F)cccc21. The van der Waals surface area contributed by atoms with Gasteiger partial charge in [0.25, 0.3) is 0 Å². The molecule has 1 aromatic rings. The topological polar surface area (TPSA) is 35.2 Å². The largest absolute Gasteiger partial charge is 0.490 e. The van der Waals surface area contributed by atoms with Crippen LogP contribution in [0.5, 0.6) is 5.75 Å². The van der Waals surface area contributed by atoms with Gasteiger partial charge in [0, 0.05) is 11.6 Å². The summed E-state index contributed by atoms with van der Waals surface area (Å²) in [4.78, 5) is 0. The highest BCUT2D eigenvalue weighted by atomic mass is 19.1. The molecule has 2 rings (SSSR count). The Balaban J connectivity index is 2.47. The first-order chi connectivity index (χ1) is 6.29. The molecule has 1 aliphatic heterocycles. The Bertz CT molecular complexity index is 314. The van der Waals surface area contributed by atoms with Crippen molar-refractivity contribution in [1.29, 1.82) is 0 Å². The zero-order chi connectivity index (χ0) is 9.26. The molecule has 1 atom stereocenters. The number of fused-ring (bicyclic) bond motifs is 1. The molecular weight excluding hydrogens is 169 g/mol. The van der Waals surface area contributed by atoms with Gasteiger partial charge in [0.05, 0.1) is 6.61 Å². The summed E-state index contributed by atoms with van der Waals surface area (Å²) in [6, 6.07) is 4.81. The number of nitrogens with two attached hydrogens (primary N) is 1. The standard InChI is InChI=1S/C10H12FNO/c11-8-4-1-3-7-9(12)5-2-6-13-10(7)8/h1,3-4,9H,2,5-6,12H2. The van der Waals surface area contributed by atoms with E-state index in [1.54, 1.807) is 6.07 Å².